The highest BCUT2D eigenvalue weighted by molar-refractivity contribution is 14.1. The van der Waals surface area contributed by atoms with Gasteiger partial charge in [0, 0.05) is 15.2 Å². The molecule has 97 heavy (non-hydrogen) atoms. The molecule has 0 N–H and O–H groups in total. The molecule has 0 aromatic heterocycles. The molecule has 0 atom stereocenters. The number of hydrogen-bond donors (Lipinski definition) is 0. The van der Waals surface area contributed by atoms with Crippen LogP contribution in [-0.2, 0) is 63.7 Å². The standard InChI is InChI=1S/C28H23BrIO2S.2C28H24IO2S/c1-28(2,32-27(31)25-19-21(29)15-18-26(25)30)20-13-16-24(17-14-20)33(22-9-5-3-6-10-22)23-11-7-4-8-12-23;1-28(2,31-27(30)21-10-9-11-23(29)20-21)22-16-18-26(19-17-22)32(24-12-5-3-6-13-24)25-14-7-4-8-15-25;1-28(2,31-27(30)21-13-17-23(29)18-14-21)22-15-19-26(20-16-22)32(24-9-5-3-6-10-24)25-11-7-4-8-12-25/h3-19H,1-2H3;2*3-20H,1-2H3/q3*+1. The number of rotatable bonds is 18. The van der Waals surface area contributed by atoms with Crippen molar-refractivity contribution in [2.24, 2.45) is 0 Å². The number of ether oxygens (including phenoxy) is 3. The van der Waals surface area contributed by atoms with Crippen LogP contribution in [0.1, 0.15) is 89.3 Å². The minimum Gasteiger partial charge on any atom is -0.451 e. The van der Waals surface area contributed by atoms with Gasteiger partial charge in [-0.3, -0.25) is 0 Å². The van der Waals surface area contributed by atoms with Crippen LogP contribution in [-0.4, -0.2) is 17.9 Å². The third-order valence-electron chi connectivity index (χ3n) is 15.6. The van der Waals surface area contributed by atoms with Gasteiger partial charge < -0.3 is 14.2 Å². The van der Waals surface area contributed by atoms with Crippen molar-refractivity contribution < 1.29 is 28.6 Å². The van der Waals surface area contributed by atoms with E-state index in [0.717, 1.165) is 31.9 Å². The SMILES string of the molecule is CC(C)(OC(=O)c1cc(Br)ccc1I)c1ccc([S+](c2ccccc2)c2ccccc2)cc1.CC(C)(OC(=O)c1ccc(I)cc1)c1ccc([S+](c2ccccc2)c2ccccc2)cc1.CC(C)(OC(=O)c1cccc(I)c1)c1ccc([S+](c2ccccc2)c2ccccc2)cc1. The van der Waals surface area contributed by atoms with Gasteiger partial charge in [0.15, 0.2) is 44.1 Å². The molecular weight excluding hydrogens is 1660 g/mol. The summed E-state index contributed by atoms with van der Waals surface area (Å²) in [7, 11) is -0.612. The molecule has 0 saturated heterocycles. The third kappa shape index (κ3) is 19.6. The summed E-state index contributed by atoms with van der Waals surface area (Å²) >= 11 is 10.0. The fourth-order valence-corrected chi connectivity index (χ4v) is 18.5. The lowest BCUT2D eigenvalue weighted by atomic mass is 9.98. The van der Waals surface area contributed by atoms with Crippen LogP contribution in [0.4, 0.5) is 0 Å². The molecule has 12 aromatic carbocycles. The van der Waals surface area contributed by atoms with Gasteiger partial charge in [-0.05, 0) is 296 Å². The molecule has 0 saturated carbocycles. The smallest absolute Gasteiger partial charge is 0.340 e. The lowest BCUT2D eigenvalue weighted by Crippen LogP contribution is -2.26. The van der Waals surface area contributed by atoms with Gasteiger partial charge in [-0.25, -0.2) is 14.4 Å². The minimum atomic E-state index is -0.765. The van der Waals surface area contributed by atoms with Crippen LogP contribution in [0.15, 0.2) is 370 Å². The van der Waals surface area contributed by atoms with Gasteiger partial charge in [0.2, 0.25) is 0 Å². The lowest BCUT2D eigenvalue weighted by Gasteiger charge is -2.26. The Morgan fingerprint density at radius 3 is 0.887 bits per heavy atom. The molecular formula is C84H71BrI3O6S3+3. The van der Waals surface area contributed by atoms with Crippen LogP contribution in [0.25, 0.3) is 0 Å². The Balaban J connectivity index is 0.000000158. The van der Waals surface area contributed by atoms with Gasteiger partial charge in [-0.15, -0.1) is 0 Å². The Hall–Kier alpha value is -7.23. The molecule has 0 fully saturated rings. The van der Waals surface area contributed by atoms with E-state index in [-0.39, 0.29) is 50.6 Å². The molecule has 0 radical (unpaired) electrons. The second-order valence-corrected chi connectivity index (χ2v) is 34.4. The van der Waals surface area contributed by atoms with Crippen LogP contribution in [0.5, 0.6) is 0 Å². The van der Waals surface area contributed by atoms with Gasteiger partial charge in [-0.1, -0.05) is 168 Å². The summed E-state index contributed by atoms with van der Waals surface area (Å²) in [6.45, 7) is 11.6. The Morgan fingerprint density at radius 2 is 0.577 bits per heavy atom. The minimum absolute atomic E-state index is 0.201. The molecule has 12 aromatic rings. The van der Waals surface area contributed by atoms with E-state index < -0.39 is 16.8 Å². The molecule has 0 aliphatic heterocycles. The summed E-state index contributed by atoms with van der Waals surface area (Å²) in [5.74, 6) is -0.960. The predicted molar refractivity (Wildman–Crippen MR) is 425 cm³/mol. The molecule has 0 amide bonds. The molecule has 6 nitrogen and oxygen atoms in total. The molecule has 0 bridgehead atoms. The Labute approximate surface area is 628 Å². The van der Waals surface area contributed by atoms with Gasteiger partial charge in [0.05, 0.1) is 49.4 Å². The first-order valence-electron chi connectivity index (χ1n) is 31.2. The number of hydrogen-bond acceptors (Lipinski definition) is 6. The zero-order valence-corrected chi connectivity index (χ0v) is 64.8. The largest absolute Gasteiger partial charge is 0.451 e. The van der Waals surface area contributed by atoms with E-state index in [9.17, 15) is 14.4 Å². The lowest BCUT2D eigenvalue weighted by molar-refractivity contribution is -0.00430. The van der Waals surface area contributed by atoms with E-state index in [1.807, 2.05) is 120 Å². The first-order valence-corrected chi connectivity index (χ1v) is 38.9. The van der Waals surface area contributed by atoms with Crippen molar-refractivity contribution in [1.82, 2.24) is 0 Å². The first-order chi connectivity index (χ1) is 46.7. The number of halogens is 4. The average molecular weight is 1730 g/mol. The van der Waals surface area contributed by atoms with Crippen molar-refractivity contribution in [3.05, 3.63) is 370 Å². The normalized spacial score (nSPS) is 11.4. The topological polar surface area (TPSA) is 78.9 Å². The fourth-order valence-electron chi connectivity index (χ4n) is 10.4. The summed E-state index contributed by atoms with van der Waals surface area (Å²) in [6.07, 6.45) is 0. The van der Waals surface area contributed by atoms with Crippen molar-refractivity contribution in [2.45, 2.75) is 102 Å². The van der Waals surface area contributed by atoms with Crippen molar-refractivity contribution in [1.29, 1.82) is 0 Å². The maximum atomic E-state index is 12.9. The summed E-state index contributed by atoms with van der Waals surface area (Å²) in [4.78, 5) is 49.6. The summed E-state index contributed by atoms with van der Waals surface area (Å²) in [6, 6.07) is 109. The Bertz CT molecular complexity index is 4420. The van der Waals surface area contributed by atoms with Crippen LogP contribution in [0.2, 0.25) is 0 Å². The summed E-state index contributed by atoms with van der Waals surface area (Å²) < 4.78 is 21.5. The molecule has 13 heteroatoms. The number of carbonyl (C=O) groups excluding carboxylic acids is 3. The van der Waals surface area contributed by atoms with E-state index >= 15 is 0 Å². The van der Waals surface area contributed by atoms with E-state index in [2.05, 4.69) is 302 Å². The molecule has 0 spiro atoms. The molecule has 0 aliphatic rings. The monoisotopic (exact) mass is 1730 g/mol. The molecule has 0 aliphatic carbocycles. The zero-order valence-electron chi connectivity index (χ0n) is 54.3. The second-order valence-electron chi connectivity index (χ2n) is 23.7. The Kier molecular flexibility index (Phi) is 25.4. The first kappa shape index (κ1) is 72.5. The third-order valence-corrected chi connectivity index (χ3v) is 25.1. The highest BCUT2D eigenvalue weighted by Gasteiger charge is 2.35. The number of carbonyl (C=O) groups is 3. The Morgan fingerprint density at radius 1 is 0.289 bits per heavy atom. The maximum absolute atomic E-state index is 12.9. The van der Waals surface area contributed by atoms with E-state index in [0.29, 0.717) is 16.7 Å². The highest BCUT2D eigenvalue weighted by atomic mass is 127. The number of benzene rings is 12. The fraction of sp³-hybridized carbons (Fsp3) is 0.107. The van der Waals surface area contributed by atoms with Crippen molar-refractivity contribution in [3.63, 3.8) is 0 Å². The quantitative estimate of drug-likeness (QED) is 0.0369. The molecule has 0 unspecified atom stereocenters. The molecule has 0 heterocycles. The zero-order chi connectivity index (χ0) is 68.5. The van der Waals surface area contributed by atoms with E-state index in [1.165, 1.54) is 44.1 Å². The number of esters is 3. The van der Waals surface area contributed by atoms with Crippen molar-refractivity contribution in [2.75, 3.05) is 0 Å². The summed E-state index contributed by atoms with van der Waals surface area (Å²) in [5.41, 5.74) is 2.32. The van der Waals surface area contributed by atoms with Gasteiger partial charge in [0.25, 0.3) is 0 Å². The predicted octanol–water partition coefficient (Wildman–Crippen LogP) is 23.2. The summed E-state index contributed by atoms with van der Waals surface area (Å²) in [5, 5.41) is 0. The van der Waals surface area contributed by atoms with E-state index in [4.69, 9.17) is 14.2 Å². The molecule has 486 valence electrons. The van der Waals surface area contributed by atoms with Gasteiger partial charge in [-0.2, -0.15) is 0 Å². The average Bonchev–Trinajstić information content (AvgIpc) is 0.835. The maximum Gasteiger partial charge on any atom is 0.340 e. The van der Waals surface area contributed by atoms with Crippen LogP contribution in [0.3, 0.4) is 0 Å². The van der Waals surface area contributed by atoms with E-state index in [1.54, 1.807) is 24.3 Å². The highest BCUT2D eigenvalue weighted by Crippen LogP contribution is 2.38. The van der Waals surface area contributed by atoms with Crippen molar-refractivity contribution >= 4 is 134 Å². The van der Waals surface area contributed by atoms with Crippen LogP contribution >= 0.6 is 83.7 Å². The van der Waals surface area contributed by atoms with Crippen LogP contribution < -0.4 is 0 Å². The van der Waals surface area contributed by atoms with Crippen LogP contribution in [0, 0.1) is 10.7 Å². The van der Waals surface area contributed by atoms with Crippen molar-refractivity contribution in [3.8, 4) is 0 Å². The van der Waals surface area contributed by atoms with Gasteiger partial charge in [0.1, 0.15) is 16.8 Å². The molecule has 12 rings (SSSR count). The van der Waals surface area contributed by atoms with Gasteiger partial charge >= 0.3 is 17.9 Å². The second kappa shape index (κ2) is 34.0.